The molecule has 0 amide bonds. The predicted octanol–water partition coefficient (Wildman–Crippen LogP) is 14.0. The number of hydrogen-bond donors (Lipinski definition) is 0. The molecule has 0 N–H and O–H groups in total. The van der Waals surface area contributed by atoms with Crippen molar-refractivity contribution >= 4 is 54.4 Å². The van der Waals surface area contributed by atoms with Gasteiger partial charge in [-0.05, 0) is 93.4 Å². The largest absolute Gasteiger partial charge is 0.309 e. The summed E-state index contributed by atoms with van der Waals surface area (Å²) in [6.45, 7) is 0. The van der Waals surface area contributed by atoms with Crippen molar-refractivity contribution in [1.82, 2.24) is 9.13 Å². The smallest absolute Gasteiger partial charge is 0.0547 e. The second-order valence-corrected chi connectivity index (χ2v) is 14.1. The Morgan fingerprint density at radius 3 is 1.31 bits per heavy atom. The molecular formula is C52H34N2. The molecule has 0 aliphatic heterocycles. The van der Waals surface area contributed by atoms with Crippen molar-refractivity contribution < 1.29 is 0 Å². The highest BCUT2D eigenvalue weighted by Crippen LogP contribution is 2.44. The Kier molecular flexibility index (Phi) is 6.90. The van der Waals surface area contributed by atoms with Gasteiger partial charge in [-0.25, -0.2) is 0 Å². The minimum atomic E-state index is 1.14. The molecule has 2 heterocycles. The molecule has 2 heteroatoms. The second kappa shape index (κ2) is 12.2. The van der Waals surface area contributed by atoms with Gasteiger partial charge in [0, 0.05) is 38.3 Å². The standard InChI is InChI=1S/C52H34N2/c1-4-14-35(15-5-1)39-26-31-42(45(34-39)36-16-6-2-7-17-36)37-24-29-41(30-25-37)54-47-23-13-11-21-44(47)52-49(54)33-28-38-27-32-48-51(50(38)52)43-20-10-12-22-46(43)53(48)40-18-8-3-9-19-40/h1-34H. The third-order valence-electron chi connectivity index (χ3n) is 11.1. The van der Waals surface area contributed by atoms with E-state index in [0.717, 1.165) is 5.69 Å². The van der Waals surface area contributed by atoms with Gasteiger partial charge in [-0.15, -0.1) is 0 Å². The van der Waals surface area contributed by atoms with Crippen molar-refractivity contribution in [3.63, 3.8) is 0 Å². The van der Waals surface area contributed by atoms with Crippen LogP contribution >= 0.6 is 0 Å². The average Bonchev–Trinajstić information content (AvgIpc) is 3.78. The molecule has 54 heavy (non-hydrogen) atoms. The van der Waals surface area contributed by atoms with Gasteiger partial charge >= 0.3 is 0 Å². The van der Waals surface area contributed by atoms with Crippen LogP contribution in [0.15, 0.2) is 206 Å². The lowest BCUT2D eigenvalue weighted by Crippen LogP contribution is -1.94. The summed E-state index contributed by atoms with van der Waals surface area (Å²) in [5.41, 5.74) is 14.4. The third kappa shape index (κ3) is 4.67. The van der Waals surface area contributed by atoms with Gasteiger partial charge in [0.1, 0.15) is 0 Å². The molecule has 0 aliphatic carbocycles. The lowest BCUT2D eigenvalue weighted by molar-refractivity contribution is 1.18. The molecule has 0 fully saturated rings. The highest BCUT2D eigenvalue weighted by molar-refractivity contribution is 6.33. The summed E-state index contributed by atoms with van der Waals surface area (Å²) in [5.74, 6) is 0. The Labute approximate surface area is 313 Å². The summed E-state index contributed by atoms with van der Waals surface area (Å²) in [6, 6.07) is 75.0. The van der Waals surface area contributed by atoms with Crippen molar-refractivity contribution in [2.45, 2.75) is 0 Å². The van der Waals surface area contributed by atoms with E-state index in [4.69, 9.17) is 0 Å². The van der Waals surface area contributed by atoms with Crippen LogP contribution < -0.4 is 0 Å². The first-order valence-corrected chi connectivity index (χ1v) is 18.6. The Morgan fingerprint density at radius 2 is 0.722 bits per heavy atom. The topological polar surface area (TPSA) is 9.86 Å². The maximum Gasteiger partial charge on any atom is 0.0547 e. The summed E-state index contributed by atoms with van der Waals surface area (Å²) >= 11 is 0. The average molecular weight is 687 g/mol. The van der Waals surface area contributed by atoms with Crippen molar-refractivity contribution in [2.24, 2.45) is 0 Å². The quantitative estimate of drug-likeness (QED) is 0.171. The molecule has 0 bridgehead atoms. The molecule has 0 saturated heterocycles. The van der Waals surface area contributed by atoms with E-state index in [2.05, 4.69) is 215 Å². The highest BCUT2D eigenvalue weighted by Gasteiger charge is 2.20. The predicted molar refractivity (Wildman–Crippen MR) is 229 cm³/mol. The first-order chi connectivity index (χ1) is 26.8. The summed E-state index contributed by atoms with van der Waals surface area (Å²) in [5, 5.41) is 7.65. The zero-order chi connectivity index (χ0) is 35.6. The van der Waals surface area contributed by atoms with Crippen molar-refractivity contribution in [1.29, 1.82) is 0 Å². The van der Waals surface area contributed by atoms with Gasteiger partial charge in [-0.1, -0.05) is 152 Å². The number of fused-ring (bicyclic) bond motifs is 9. The van der Waals surface area contributed by atoms with E-state index in [9.17, 15) is 0 Å². The normalized spacial score (nSPS) is 11.7. The molecule has 252 valence electrons. The Balaban J connectivity index is 1.13. The fourth-order valence-corrected chi connectivity index (χ4v) is 8.72. The number of rotatable bonds is 5. The first kappa shape index (κ1) is 30.5. The first-order valence-electron chi connectivity index (χ1n) is 18.6. The maximum atomic E-state index is 2.44. The van der Waals surface area contributed by atoms with Crippen molar-refractivity contribution in [3.05, 3.63) is 206 Å². The maximum absolute atomic E-state index is 2.44. The van der Waals surface area contributed by atoms with Crippen LogP contribution in [0.5, 0.6) is 0 Å². The van der Waals surface area contributed by atoms with Crippen LogP contribution in [0.4, 0.5) is 0 Å². The fraction of sp³-hybridized carbons (Fsp3) is 0. The molecule has 9 aromatic carbocycles. The molecule has 0 atom stereocenters. The molecule has 0 radical (unpaired) electrons. The summed E-state index contributed by atoms with van der Waals surface area (Å²) in [7, 11) is 0. The number of benzene rings is 9. The molecule has 11 rings (SSSR count). The van der Waals surface area contributed by atoms with Crippen LogP contribution in [-0.2, 0) is 0 Å². The third-order valence-corrected chi connectivity index (χ3v) is 11.1. The van der Waals surface area contributed by atoms with Crippen LogP contribution in [0, 0.1) is 0 Å². The molecular weight excluding hydrogens is 653 g/mol. The zero-order valence-electron chi connectivity index (χ0n) is 29.5. The van der Waals surface area contributed by atoms with E-state index in [1.165, 1.54) is 93.5 Å². The van der Waals surface area contributed by atoms with Crippen LogP contribution in [0.3, 0.4) is 0 Å². The number of hydrogen-bond acceptors (Lipinski definition) is 0. The van der Waals surface area contributed by atoms with Gasteiger partial charge in [-0.3, -0.25) is 0 Å². The zero-order valence-corrected chi connectivity index (χ0v) is 29.5. The van der Waals surface area contributed by atoms with Crippen LogP contribution in [0.25, 0.3) is 99.1 Å². The number of aromatic nitrogens is 2. The van der Waals surface area contributed by atoms with Gasteiger partial charge in [0.2, 0.25) is 0 Å². The van der Waals surface area contributed by atoms with Crippen molar-refractivity contribution in [3.8, 4) is 44.8 Å². The van der Waals surface area contributed by atoms with Crippen molar-refractivity contribution in [2.75, 3.05) is 0 Å². The minimum Gasteiger partial charge on any atom is -0.309 e. The summed E-state index contributed by atoms with van der Waals surface area (Å²) in [4.78, 5) is 0. The second-order valence-electron chi connectivity index (χ2n) is 14.1. The van der Waals surface area contributed by atoms with Gasteiger partial charge in [0.25, 0.3) is 0 Å². The molecule has 0 spiro atoms. The Bertz CT molecular complexity index is 3170. The number of nitrogens with zero attached hydrogens (tertiary/aromatic N) is 2. The van der Waals surface area contributed by atoms with E-state index < -0.39 is 0 Å². The summed E-state index contributed by atoms with van der Waals surface area (Å²) < 4.78 is 4.86. The monoisotopic (exact) mass is 686 g/mol. The summed E-state index contributed by atoms with van der Waals surface area (Å²) in [6.07, 6.45) is 0. The molecule has 2 aromatic heterocycles. The Hall–Kier alpha value is -7.16. The van der Waals surface area contributed by atoms with Gasteiger partial charge in [0.15, 0.2) is 0 Å². The van der Waals surface area contributed by atoms with E-state index in [1.54, 1.807) is 0 Å². The molecule has 2 nitrogen and oxygen atoms in total. The lowest BCUT2D eigenvalue weighted by atomic mass is 9.91. The minimum absolute atomic E-state index is 1.14. The molecule has 0 aliphatic rings. The lowest BCUT2D eigenvalue weighted by Gasteiger charge is -2.14. The van der Waals surface area contributed by atoms with Gasteiger partial charge in [-0.2, -0.15) is 0 Å². The molecule has 11 aromatic rings. The molecule has 0 saturated carbocycles. The van der Waals surface area contributed by atoms with E-state index in [-0.39, 0.29) is 0 Å². The highest BCUT2D eigenvalue weighted by atomic mass is 15.0. The SMILES string of the molecule is c1ccc(-c2ccc(-c3ccc(-n4c5ccccc5c5c6c(ccc7c6c6ccccc6n7-c6ccccc6)ccc54)cc3)c(-c3ccccc3)c2)cc1. The van der Waals surface area contributed by atoms with Gasteiger partial charge < -0.3 is 9.13 Å². The fourth-order valence-electron chi connectivity index (χ4n) is 8.72. The van der Waals surface area contributed by atoms with Crippen LogP contribution in [0.2, 0.25) is 0 Å². The van der Waals surface area contributed by atoms with E-state index in [1.807, 2.05) is 0 Å². The van der Waals surface area contributed by atoms with E-state index in [0.29, 0.717) is 0 Å². The van der Waals surface area contributed by atoms with E-state index >= 15 is 0 Å². The van der Waals surface area contributed by atoms with Crippen LogP contribution in [-0.4, -0.2) is 9.13 Å². The van der Waals surface area contributed by atoms with Gasteiger partial charge in [0.05, 0.1) is 22.1 Å². The molecule has 0 unspecified atom stereocenters. The van der Waals surface area contributed by atoms with Crippen LogP contribution in [0.1, 0.15) is 0 Å². The Morgan fingerprint density at radius 1 is 0.259 bits per heavy atom. The number of para-hydroxylation sites is 3.